The Morgan fingerprint density at radius 2 is 2.54 bits per heavy atom. The van der Waals surface area contributed by atoms with E-state index in [9.17, 15) is 4.79 Å². The minimum absolute atomic E-state index is 0.150. The van der Waals surface area contributed by atoms with E-state index in [-0.39, 0.29) is 12.5 Å². The normalized spacial score (nSPS) is 12.5. The zero-order valence-corrected chi connectivity index (χ0v) is 9.48. The van der Waals surface area contributed by atoms with Crippen LogP contribution < -0.4 is 5.32 Å². The van der Waals surface area contributed by atoms with Crippen LogP contribution in [0.3, 0.4) is 0 Å². The second-order valence-electron chi connectivity index (χ2n) is 2.70. The van der Waals surface area contributed by atoms with Crippen LogP contribution in [-0.4, -0.2) is 23.7 Å². The highest BCUT2D eigenvalue weighted by Crippen LogP contribution is 2.20. The van der Waals surface area contributed by atoms with Crippen molar-refractivity contribution in [3.8, 4) is 0 Å². The van der Waals surface area contributed by atoms with Gasteiger partial charge in [0.2, 0.25) is 0 Å². The molecular weight excluding hydrogens is 254 g/mol. The van der Waals surface area contributed by atoms with Crippen molar-refractivity contribution >= 4 is 33.2 Å². The number of amides is 1. The summed E-state index contributed by atoms with van der Waals surface area (Å²) in [6, 6.07) is 1.75. The summed E-state index contributed by atoms with van der Waals surface area (Å²) in [6.45, 7) is 1.91. The lowest BCUT2D eigenvalue weighted by Crippen LogP contribution is -2.30. The van der Waals surface area contributed by atoms with Gasteiger partial charge in [-0.05, 0) is 28.9 Å². The van der Waals surface area contributed by atoms with Crippen LogP contribution in [0.2, 0.25) is 0 Å². The molecule has 1 heterocycles. The SMILES string of the molecule is C[C@H](O)CNC(=O)c1csc(Br)c1. The Labute approximate surface area is 88.9 Å². The van der Waals surface area contributed by atoms with Crippen molar-refractivity contribution in [2.24, 2.45) is 0 Å². The van der Waals surface area contributed by atoms with E-state index in [1.807, 2.05) is 0 Å². The summed E-state index contributed by atoms with van der Waals surface area (Å²) in [6.07, 6.45) is -0.508. The van der Waals surface area contributed by atoms with Gasteiger partial charge in [0.25, 0.3) is 5.91 Å². The molecular formula is C8H10BrNO2S. The third-order valence-electron chi connectivity index (χ3n) is 1.39. The number of carbonyl (C=O) groups excluding carboxylic acids is 1. The van der Waals surface area contributed by atoms with Gasteiger partial charge < -0.3 is 10.4 Å². The van der Waals surface area contributed by atoms with Crippen LogP contribution in [0, 0.1) is 0 Å². The molecule has 0 aliphatic carbocycles. The van der Waals surface area contributed by atoms with Gasteiger partial charge >= 0.3 is 0 Å². The van der Waals surface area contributed by atoms with E-state index in [4.69, 9.17) is 5.11 Å². The topological polar surface area (TPSA) is 49.3 Å². The third kappa shape index (κ3) is 3.46. The predicted molar refractivity (Wildman–Crippen MR) is 56.0 cm³/mol. The van der Waals surface area contributed by atoms with E-state index < -0.39 is 6.10 Å². The summed E-state index contributed by atoms with van der Waals surface area (Å²) in [5, 5.41) is 13.3. The van der Waals surface area contributed by atoms with Gasteiger partial charge in [-0.3, -0.25) is 4.79 Å². The van der Waals surface area contributed by atoms with Crippen molar-refractivity contribution < 1.29 is 9.90 Å². The maximum atomic E-state index is 11.3. The first kappa shape index (κ1) is 10.7. The van der Waals surface area contributed by atoms with Crippen LogP contribution >= 0.6 is 27.3 Å². The second-order valence-corrected chi connectivity index (χ2v) is 4.99. The molecule has 5 heteroatoms. The van der Waals surface area contributed by atoms with Gasteiger partial charge in [0, 0.05) is 11.9 Å². The summed E-state index contributed by atoms with van der Waals surface area (Å²) >= 11 is 4.73. The number of nitrogens with one attached hydrogen (secondary N) is 1. The van der Waals surface area contributed by atoms with E-state index >= 15 is 0 Å². The summed E-state index contributed by atoms with van der Waals surface area (Å²) in [4.78, 5) is 11.3. The molecule has 13 heavy (non-hydrogen) atoms. The van der Waals surface area contributed by atoms with Gasteiger partial charge in [-0.1, -0.05) is 0 Å². The van der Waals surface area contributed by atoms with E-state index in [2.05, 4.69) is 21.2 Å². The maximum Gasteiger partial charge on any atom is 0.252 e. The van der Waals surface area contributed by atoms with Gasteiger partial charge in [-0.15, -0.1) is 11.3 Å². The van der Waals surface area contributed by atoms with E-state index in [0.717, 1.165) is 3.79 Å². The van der Waals surface area contributed by atoms with Gasteiger partial charge in [-0.25, -0.2) is 0 Å². The molecule has 0 aliphatic rings. The monoisotopic (exact) mass is 263 g/mol. The molecule has 1 atom stereocenters. The zero-order valence-electron chi connectivity index (χ0n) is 7.08. The molecule has 0 saturated heterocycles. The van der Waals surface area contributed by atoms with E-state index in [1.165, 1.54) is 11.3 Å². The van der Waals surface area contributed by atoms with Crippen molar-refractivity contribution in [3.05, 3.63) is 20.8 Å². The molecule has 3 nitrogen and oxygen atoms in total. The molecule has 1 rings (SSSR count). The van der Waals surface area contributed by atoms with Crippen molar-refractivity contribution in [3.63, 3.8) is 0 Å². The molecule has 0 saturated carbocycles. The van der Waals surface area contributed by atoms with Gasteiger partial charge in [0.1, 0.15) is 0 Å². The molecule has 72 valence electrons. The Morgan fingerprint density at radius 3 is 3.00 bits per heavy atom. The Hall–Kier alpha value is -0.390. The number of hydrogen-bond donors (Lipinski definition) is 2. The molecule has 0 aromatic carbocycles. The number of halogens is 1. The largest absolute Gasteiger partial charge is 0.392 e. The summed E-state index contributed by atoms with van der Waals surface area (Å²) in [7, 11) is 0. The predicted octanol–water partition coefficient (Wildman–Crippen LogP) is 1.62. The molecule has 0 spiro atoms. The molecule has 0 aliphatic heterocycles. The number of aliphatic hydroxyl groups is 1. The van der Waals surface area contributed by atoms with Crippen LogP contribution in [0.5, 0.6) is 0 Å². The lowest BCUT2D eigenvalue weighted by Gasteiger charge is -2.04. The van der Waals surface area contributed by atoms with Crippen molar-refractivity contribution in [2.75, 3.05) is 6.54 Å². The average Bonchev–Trinajstić information content (AvgIpc) is 2.47. The first-order valence-corrected chi connectivity index (χ1v) is 5.47. The minimum Gasteiger partial charge on any atom is -0.392 e. The van der Waals surface area contributed by atoms with Gasteiger partial charge in [0.15, 0.2) is 0 Å². The first-order chi connectivity index (χ1) is 6.09. The number of aliphatic hydroxyl groups excluding tert-OH is 1. The molecule has 0 radical (unpaired) electrons. The van der Waals surface area contributed by atoms with Crippen LogP contribution in [0.4, 0.5) is 0 Å². The van der Waals surface area contributed by atoms with Crippen molar-refractivity contribution in [1.82, 2.24) is 5.32 Å². The van der Waals surface area contributed by atoms with Crippen LogP contribution in [0.15, 0.2) is 15.2 Å². The Morgan fingerprint density at radius 1 is 1.85 bits per heavy atom. The highest BCUT2D eigenvalue weighted by Gasteiger charge is 2.07. The van der Waals surface area contributed by atoms with Crippen LogP contribution in [-0.2, 0) is 0 Å². The van der Waals surface area contributed by atoms with Crippen molar-refractivity contribution in [1.29, 1.82) is 0 Å². The second kappa shape index (κ2) is 4.74. The standard InChI is InChI=1S/C8H10BrNO2S/c1-5(11)3-10-8(12)6-2-7(9)13-4-6/h2,4-5,11H,3H2,1H3,(H,10,12)/t5-/m0/s1. The zero-order chi connectivity index (χ0) is 9.84. The van der Waals surface area contributed by atoms with Crippen molar-refractivity contribution in [2.45, 2.75) is 13.0 Å². The Balaban J connectivity index is 2.49. The fraction of sp³-hybridized carbons (Fsp3) is 0.375. The number of carbonyl (C=O) groups is 1. The molecule has 1 aromatic rings. The van der Waals surface area contributed by atoms with E-state index in [1.54, 1.807) is 18.4 Å². The number of thiophene rings is 1. The highest BCUT2D eigenvalue weighted by molar-refractivity contribution is 9.11. The van der Waals surface area contributed by atoms with Gasteiger partial charge in [-0.2, -0.15) is 0 Å². The summed E-state index contributed by atoms with van der Waals surface area (Å²) in [5.74, 6) is -0.150. The average molecular weight is 264 g/mol. The van der Waals surface area contributed by atoms with Crippen LogP contribution in [0.25, 0.3) is 0 Å². The van der Waals surface area contributed by atoms with Gasteiger partial charge in [0.05, 0.1) is 15.5 Å². The molecule has 1 amide bonds. The smallest absolute Gasteiger partial charge is 0.252 e. The number of rotatable bonds is 3. The molecule has 0 bridgehead atoms. The minimum atomic E-state index is -0.508. The molecule has 1 aromatic heterocycles. The maximum absolute atomic E-state index is 11.3. The third-order valence-corrected chi connectivity index (χ3v) is 2.89. The summed E-state index contributed by atoms with van der Waals surface area (Å²) < 4.78 is 0.926. The van der Waals surface area contributed by atoms with Crippen LogP contribution in [0.1, 0.15) is 17.3 Å². The summed E-state index contributed by atoms with van der Waals surface area (Å²) in [5.41, 5.74) is 0.623. The quantitative estimate of drug-likeness (QED) is 0.871. The number of hydrogen-bond acceptors (Lipinski definition) is 3. The molecule has 0 unspecified atom stereocenters. The van der Waals surface area contributed by atoms with E-state index in [0.29, 0.717) is 5.56 Å². The molecule has 0 fully saturated rings. The first-order valence-electron chi connectivity index (χ1n) is 3.80. The Bertz CT molecular complexity index is 298. The molecule has 2 N–H and O–H groups in total. The fourth-order valence-electron chi connectivity index (χ4n) is 0.772. The lowest BCUT2D eigenvalue weighted by atomic mass is 10.3. The fourth-order valence-corrected chi connectivity index (χ4v) is 1.91. The Kier molecular flexibility index (Phi) is 3.90. The highest BCUT2D eigenvalue weighted by atomic mass is 79.9. The lowest BCUT2D eigenvalue weighted by molar-refractivity contribution is 0.0924.